The molecule has 0 aliphatic carbocycles. The van der Waals surface area contributed by atoms with E-state index < -0.39 is 11.2 Å². The summed E-state index contributed by atoms with van der Waals surface area (Å²) in [7, 11) is 1.48. The number of hydrogen-bond acceptors (Lipinski definition) is 6. The van der Waals surface area contributed by atoms with E-state index in [0.717, 1.165) is 11.1 Å². The van der Waals surface area contributed by atoms with Gasteiger partial charge in [0.25, 0.3) is 0 Å². The van der Waals surface area contributed by atoms with Crippen LogP contribution in [0.5, 0.6) is 5.88 Å². The number of pyridine rings is 1. The number of amides is 1. The highest BCUT2D eigenvalue weighted by atomic mass is 16.7. The Hall–Kier alpha value is -2.77. The van der Waals surface area contributed by atoms with Crippen molar-refractivity contribution in [3.63, 3.8) is 0 Å². The van der Waals surface area contributed by atoms with Crippen molar-refractivity contribution >= 4 is 17.4 Å². The van der Waals surface area contributed by atoms with E-state index in [-0.39, 0.29) is 17.6 Å². The van der Waals surface area contributed by atoms with Gasteiger partial charge in [-0.05, 0) is 31.9 Å². The van der Waals surface area contributed by atoms with E-state index in [1.807, 2.05) is 53.7 Å². The molecule has 1 aliphatic heterocycles. The first-order chi connectivity index (χ1) is 15.0. The fourth-order valence-corrected chi connectivity index (χ4v) is 3.73. The summed E-state index contributed by atoms with van der Waals surface area (Å²) >= 11 is 0. The van der Waals surface area contributed by atoms with Gasteiger partial charge in [0.2, 0.25) is 11.8 Å². The molecule has 1 aromatic heterocycles. The van der Waals surface area contributed by atoms with Gasteiger partial charge in [0.05, 0.1) is 25.9 Å². The van der Waals surface area contributed by atoms with Crippen LogP contribution in [-0.4, -0.2) is 37.0 Å². The van der Waals surface area contributed by atoms with Gasteiger partial charge < -0.3 is 19.5 Å². The molecule has 1 aliphatic rings. The number of ether oxygens (including phenoxy) is 3. The number of nitrogens with zero attached hydrogens (tertiary/aromatic N) is 1. The lowest BCUT2D eigenvalue weighted by Gasteiger charge is -2.24. The molecule has 0 saturated carbocycles. The molecule has 0 atom stereocenters. The van der Waals surface area contributed by atoms with Crippen molar-refractivity contribution in [3.8, 4) is 5.88 Å². The molecule has 0 unspecified atom stereocenters. The summed E-state index contributed by atoms with van der Waals surface area (Å²) in [6.45, 7) is 12.1. The first-order valence-corrected chi connectivity index (χ1v) is 10.8. The number of rotatable bonds is 6. The van der Waals surface area contributed by atoms with Crippen LogP contribution in [0.1, 0.15) is 67.4 Å². The highest BCUT2D eigenvalue weighted by molar-refractivity contribution is 6.16. The van der Waals surface area contributed by atoms with Crippen LogP contribution in [0.4, 0.5) is 5.69 Å². The summed E-state index contributed by atoms with van der Waals surface area (Å²) in [5, 5.41) is 2.90. The molecule has 1 saturated heterocycles. The average molecular weight is 441 g/mol. The summed E-state index contributed by atoms with van der Waals surface area (Å²) in [4.78, 5) is 31.2. The molecule has 7 heteroatoms. The third-order valence-electron chi connectivity index (χ3n) is 5.65. The third-order valence-corrected chi connectivity index (χ3v) is 5.65. The van der Waals surface area contributed by atoms with Crippen LogP contribution >= 0.6 is 0 Å². The second-order valence-corrected chi connectivity index (χ2v) is 9.05. The number of benzene rings is 1. The minimum atomic E-state index is -0.890. The molecular weight excluding hydrogens is 408 g/mol. The standard InChI is InChI=1S/C25H32N2O5/c1-8-18-15(2)26-22(30-7)20(27-23(29)24(3,4)5)19(18)21(28)16-10-9-11-17(14-16)25(6)31-12-13-32-25/h9-11,14H,8,12-13H2,1-7H3,(H,27,29). The summed E-state index contributed by atoms with van der Waals surface area (Å²) in [6, 6.07) is 7.22. The predicted molar refractivity (Wildman–Crippen MR) is 122 cm³/mol. The van der Waals surface area contributed by atoms with E-state index in [1.54, 1.807) is 12.1 Å². The van der Waals surface area contributed by atoms with Gasteiger partial charge in [0, 0.05) is 22.2 Å². The number of carbonyl (C=O) groups excluding carboxylic acids is 2. The Labute approximate surface area is 189 Å². The lowest BCUT2D eigenvalue weighted by atomic mass is 9.91. The molecule has 7 nitrogen and oxygen atoms in total. The van der Waals surface area contributed by atoms with Gasteiger partial charge in [-0.2, -0.15) is 0 Å². The number of ketones is 1. The zero-order chi connectivity index (χ0) is 23.7. The van der Waals surface area contributed by atoms with Crippen LogP contribution in [0.2, 0.25) is 0 Å². The Morgan fingerprint density at radius 3 is 2.44 bits per heavy atom. The average Bonchev–Trinajstić information content (AvgIpc) is 3.21. The molecule has 32 heavy (non-hydrogen) atoms. The van der Waals surface area contributed by atoms with Gasteiger partial charge in [-0.3, -0.25) is 9.59 Å². The van der Waals surface area contributed by atoms with Crippen molar-refractivity contribution in [1.82, 2.24) is 4.98 Å². The quantitative estimate of drug-likeness (QED) is 0.670. The molecule has 1 amide bonds. The zero-order valence-electron chi connectivity index (χ0n) is 19.9. The lowest BCUT2D eigenvalue weighted by Crippen LogP contribution is -2.29. The van der Waals surface area contributed by atoms with E-state index >= 15 is 0 Å². The minimum absolute atomic E-state index is 0.214. The van der Waals surface area contributed by atoms with Crippen LogP contribution < -0.4 is 10.1 Å². The van der Waals surface area contributed by atoms with Gasteiger partial charge in [0.1, 0.15) is 5.69 Å². The number of nitrogens with one attached hydrogen (secondary N) is 1. The molecule has 0 spiro atoms. The lowest BCUT2D eigenvalue weighted by molar-refractivity contribution is -0.149. The van der Waals surface area contributed by atoms with E-state index in [4.69, 9.17) is 14.2 Å². The molecule has 172 valence electrons. The van der Waals surface area contributed by atoms with Crippen molar-refractivity contribution in [1.29, 1.82) is 0 Å². The van der Waals surface area contributed by atoms with Crippen molar-refractivity contribution in [2.45, 2.75) is 53.8 Å². The smallest absolute Gasteiger partial charge is 0.238 e. The summed E-state index contributed by atoms with van der Waals surface area (Å²) in [5.74, 6) is -1.13. The van der Waals surface area contributed by atoms with Crippen LogP contribution in [0.3, 0.4) is 0 Å². The topological polar surface area (TPSA) is 86.8 Å². The normalized spacial score (nSPS) is 15.5. The summed E-state index contributed by atoms with van der Waals surface area (Å²) in [5.41, 5.74) is 2.72. The van der Waals surface area contributed by atoms with Gasteiger partial charge in [-0.25, -0.2) is 4.98 Å². The van der Waals surface area contributed by atoms with Gasteiger partial charge in [0.15, 0.2) is 11.6 Å². The van der Waals surface area contributed by atoms with Crippen molar-refractivity contribution in [3.05, 3.63) is 52.2 Å². The van der Waals surface area contributed by atoms with Gasteiger partial charge in [-0.15, -0.1) is 0 Å². The Bertz CT molecular complexity index is 1030. The van der Waals surface area contributed by atoms with E-state index in [9.17, 15) is 9.59 Å². The zero-order valence-corrected chi connectivity index (χ0v) is 19.9. The monoisotopic (exact) mass is 440 g/mol. The Kier molecular flexibility index (Phi) is 6.72. The van der Waals surface area contributed by atoms with Gasteiger partial charge in [-0.1, -0.05) is 45.9 Å². The number of carbonyl (C=O) groups is 2. The van der Waals surface area contributed by atoms with Crippen molar-refractivity contribution in [2.75, 3.05) is 25.6 Å². The van der Waals surface area contributed by atoms with E-state index in [1.165, 1.54) is 7.11 Å². The van der Waals surface area contributed by atoms with Crippen molar-refractivity contribution < 1.29 is 23.8 Å². The second-order valence-electron chi connectivity index (χ2n) is 9.05. The largest absolute Gasteiger partial charge is 0.479 e. The highest BCUT2D eigenvalue weighted by Gasteiger charge is 2.34. The first kappa shape index (κ1) is 23.9. The number of aryl methyl sites for hydroxylation is 1. The second kappa shape index (κ2) is 9.00. The first-order valence-electron chi connectivity index (χ1n) is 10.8. The van der Waals surface area contributed by atoms with Crippen LogP contribution in [0.25, 0.3) is 0 Å². The molecule has 1 fully saturated rings. The molecule has 1 aromatic carbocycles. The Morgan fingerprint density at radius 2 is 1.88 bits per heavy atom. The Balaban J connectivity index is 2.16. The SMILES string of the molecule is CCc1c(C)nc(OC)c(NC(=O)C(C)(C)C)c1C(=O)c1cccc(C2(C)OCCO2)c1. The minimum Gasteiger partial charge on any atom is -0.479 e. The molecule has 0 radical (unpaired) electrons. The van der Waals surface area contributed by atoms with E-state index in [2.05, 4.69) is 10.3 Å². The molecule has 1 N–H and O–H groups in total. The van der Waals surface area contributed by atoms with Crippen LogP contribution in [-0.2, 0) is 26.5 Å². The maximum Gasteiger partial charge on any atom is 0.238 e. The molecule has 0 bridgehead atoms. The fraction of sp³-hybridized carbons (Fsp3) is 0.480. The van der Waals surface area contributed by atoms with E-state index in [0.29, 0.717) is 42.1 Å². The summed E-state index contributed by atoms with van der Waals surface area (Å²) in [6.07, 6.45) is 0.575. The Morgan fingerprint density at radius 1 is 1.22 bits per heavy atom. The molecular formula is C25H32N2O5. The number of hydrogen-bond donors (Lipinski definition) is 1. The third kappa shape index (κ3) is 4.54. The summed E-state index contributed by atoms with van der Waals surface area (Å²) < 4.78 is 17.0. The number of methoxy groups -OCH3 is 1. The number of aromatic nitrogens is 1. The maximum atomic E-state index is 13.9. The highest BCUT2D eigenvalue weighted by Crippen LogP contribution is 2.36. The molecule has 3 rings (SSSR count). The molecule has 2 aromatic rings. The predicted octanol–water partition coefficient (Wildman–Crippen LogP) is 4.40. The van der Waals surface area contributed by atoms with Gasteiger partial charge >= 0.3 is 0 Å². The maximum absolute atomic E-state index is 13.9. The van der Waals surface area contributed by atoms with Crippen molar-refractivity contribution in [2.24, 2.45) is 5.41 Å². The number of anilines is 1. The van der Waals surface area contributed by atoms with Crippen LogP contribution in [0.15, 0.2) is 24.3 Å². The fourth-order valence-electron chi connectivity index (χ4n) is 3.73. The molecule has 2 heterocycles. The van der Waals surface area contributed by atoms with Crippen LogP contribution in [0, 0.1) is 12.3 Å².